The highest BCUT2D eigenvalue weighted by Gasteiger charge is 2.32. The first-order valence-corrected chi connectivity index (χ1v) is 10.2. The minimum atomic E-state index is -3.49. The van der Waals surface area contributed by atoms with Crippen LogP contribution >= 0.6 is 0 Å². The van der Waals surface area contributed by atoms with E-state index in [1.54, 1.807) is 12.1 Å². The number of aryl methyl sites for hydroxylation is 2. The highest BCUT2D eigenvalue weighted by molar-refractivity contribution is 7.89. The number of carbonyl (C=O) groups is 1. The lowest BCUT2D eigenvalue weighted by Gasteiger charge is -2.31. The van der Waals surface area contributed by atoms with Crippen LogP contribution in [0.15, 0.2) is 23.1 Å². The Hall–Kier alpha value is -1.40. The summed E-state index contributed by atoms with van der Waals surface area (Å²) < 4.78 is 27.3. The van der Waals surface area contributed by atoms with Gasteiger partial charge in [-0.15, -0.1) is 0 Å². The lowest BCUT2D eigenvalue weighted by atomic mass is 9.84. The summed E-state index contributed by atoms with van der Waals surface area (Å²) in [5.41, 5.74) is 2.06. The summed E-state index contributed by atoms with van der Waals surface area (Å²) in [6.45, 7) is 5.92. The molecule has 5 nitrogen and oxygen atoms in total. The third kappa shape index (κ3) is 3.35. The molecule has 0 aromatic heterocycles. The van der Waals surface area contributed by atoms with E-state index in [4.69, 9.17) is 0 Å². The van der Waals surface area contributed by atoms with Gasteiger partial charge in [0.05, 0.1) is 4.90 Å². The fourth-order valence-electron chi connectivity index (χ4n) is 3.29. The van der Waals surface area contributed by atoms with Crippen LogP contribution in [0.25, 0.3) is 0 Å². The molecule has 2 aliphatic rings. The van der Waals surface area contributed by atoms with Crippen molar-refractivity contribution in [3.05, 3.63) is 29.3 Å². The Labute approximate surface area is 144 Å². The number of amides is 1. The Morgan fingerprint density at radius 2 is 1.75 bits per heavy atom. The van der Waals surface area contributed by atoms with Gasteiger partial charge in [-0.25, -0.2) is 8.42 Å². The Bertz CT molecular complexity index is 726. The topological polar surface area (TPSA) is 57.7 Å². The number of benzene rings is 1. The van der Waals surface area contributed by atoms with Gasteiger partial charge < -0.3 is 4.90 Å². The summed E-state index contributed by atoms with van der Waals surface area (Å²) in [5.74, 6) is 0.389. The quantitative estimate of drug-likeness (QED) is 0.841. The molecular formula is C18H26N2O3S. The largest absolute Gasteiger partial charge is 0.341 e. The number of nitrogens with zero attached hydrogens (tertiary/aromatic N) is 2. The molecule has 1 saturated heterocycles. The third-order valence-corrected chi connectivity index (χ3v) is 7.23. The van der Waals surface area contributed by atoms with Crippen molar-refractivity contribution < 1.29 is 13.2 Å². The molecule has 3 rings (SSSR count). The molecule has 0 unspecified atom stereocenters. The third-order valence-electron chi connectivity index (χ3n) is 5.34. The van der Waals surface area contributed by atoms with Gasteiger partial charge in [-0.3, -0.25) is 4.79 Å². The second-order valence-corrected chi connectivity index (χ2v) is 8.89. The smallest absolute Gasteiger partial charge is 0.243 e. The van der Waals surface area contributed by atoms with Crippen molar-refractivity contribution >= 4 is 15.9 Å². The van der Waals surface area contributed by atoms with Gasteiger partial charge in [0.25, 0.3) is 0 Å². The van der Waals surface area contributed by atoms with E-state index in [1.165, 1.54) is 4.31 Å². The van der Waals surface area contributed by atoms with Crippen LogP contribution in [0.2, 0.25) is 0 Å². The van der Waals surface area contributed by atoms with Gasteiger partial charge in [0.1, 0.15) is 0 Å². The minimum absolute atomic E-state index is 0.174. The standard InChI is InChI=1S/C18H26N2O3S/c1-14-7-8-17(13-15(14)2)24(22,23)20-10-4-9-19(11-12-20)18(21)16-5-3-6-16/h7-8,13,16H,3-6,9-12H2,1-2H3. The van der Waals surface area contributed by atoms with Gasteiger partial charge in [-0.2, -0.15) is 4.31 Å². The van der Waals surface area contributed by atoms with E-state index >= 15 is 0 Å². The van der Waals surface area contributed by atoms with E-state index < -0.39 is 10.0 Å². The molecule has 1 aromatic rings. The van der Waals surface area contributed by atoms with E-state index in [-0.39, 0.29) is 11.8 Å². The van der Waals surface area contributed by atoms with E-state index in [9.17, 15) is 13.2 Å². The number of hydrogen-bond acceptors (Lipinski definition) is 3. The Morgan fingerprint density at radius 3 is 2.38 bits per heavy atom. The molecular weight excluding hydrogens is 324 g/mol. The Morgan fingerprint density at radius 1 is 1.00 bits per heavy atom. The maximum Gasteiger partial charge on any atom is 0.243 e. The molecule has 132 valence electrons. The SMILES string of the molecule is Cc1ccc(S(=O)(=O)N2CCCN(C(=O)C3CCC3)CC2)cc1C. The molecule has 1 aromatic carbocycles. The Balaban J connectivity index is 1.72. The van der Waals surface area contributed by atoms with Crippen LogP contribution in [-0.2, 0) is 14.8 Å². The molecule has 0 radical (unpaired) electrons. The zero-order valence-electron chi connectivity index (χ0n) is 14.5. The lowest BCUT2D eigenvalue weighted by Crippen LogP contribution is -2.41. The van der Waals surface area contributed by atoms with Gasteiger partial charge in [0.15, 0.2) is 0 Å². The minimum Gasteiger partial charge on any atom is -0.341 e. The second kappa shape index (κ2) is 6.84. The summed E-state index contributed by atoms with van der Waals surface area (Å²) >= 11 is 0. The van der Waals surface area contributed by atoms with E-state index in [1.807, 2.05) is 24.8 Å². The summed E-state index contributed by atoms with van der Waals surface area (Å²) in [5, 5.41) is 0. The molecule has 1 amide bonds. The Kier molecular flexibility index (Phi) is 4.97. The lowest BCUT2D eigenvalue weighted by molar-refractivity contribution is -0.138. The molecule has 6 heteroatoms. The van der Waals surface area contributed by atoms with Crippen molar-refractivity contribution in [1.82, 2.24) is 9.21 Å². The van der Waals surface area contributed by atoms with E-state index in [0.29, 0.717) is 37.5 Å². The molecule has 1 heterocycles. The predicted octanol–water partition coefficient (Wildman–Crippen LogP) is 2.33. The highest BCUT2D eigenvalue weighted by Crippen LogP contribution is 2.29. The molecule has 0 N–H and O–H groups in total. The summed E-state index contributed by atoms with van der Waals surface area (Å²) in [4.78, 5) is 14.6. The van der Waals surface area contributed by atoms with Crippen LogP contribution in [0, 0.1) is 19.8 Å². The van der Waals surface area contributed by atoms with Crippen molar-refractivity contribution in [2.24, 2.45) is 5.92 Å². The molecule has 1 aliphatic heterocycles. The average molecular weight is 350 g/mol. The molecule has 1 aliphatic carbocycles. The average Bonchev–Trinajstić information content (AvgIpc) is 2.74. The maximum atomic E-state index is 12.9. The molecule has 1 saturated carbocycles. The summed E-state index contributed by atoms with van der Waals surface area (Å²) in [6, 6.07) is 5.28. The van der Waals surface area contributed by atoms with Gasteiger partial charge in [-0.05, 0) is 56.4 Å². The van der Waals surface area contributed by atoms with Crippen molar-refractivity contribution in [2.45, 2.75) is 44.4 Å². The van der Waals surface area contributed by atoms with Gasteiger partial charge in [-0.1, -0.05) is 12.5 Å². The normalized spacial score (nSPS) is 20.5. The predicted molar refractivity (Wildman–Crippen MR) is 93.2 cm³/mol. The van der Waals surface area contributed by atoms with Crippen molar-refractivity contribution in [3.63, 3.8) is 0 Å². The monoisotopic (exact) mass is 350 g/mol. The molecule has 0 spiro atoms. The first-order chi connectivity index (χ1) is 11.4. The van der Waals surface area contributed by atoms with Crippen LogP contribution in [0.4, 0.5) is 0 Å². The van der Waals surface area contributed by atoms with Gasteiger partial charge >= 0.3 is 0 Å². The molecule has 2 fully saturated rings. The number of rotatable bonds is 3. The van der Waals surface area contributed by atoms with Gasteiger partial charge in [0.2, 0.25) is 15.9 Å². The van der Waals surface area contributed by atoms with Crippen LogP contribution < -0.4 is 0 Å². The fourth-order valence-corrected chi connectivity index (χ4v) is 4.85. The molecule has 0 bridgehead atoms. The van der Waals surface area contributed by atoms with Crippen molar-refractivity contribution in [1.29, 1.82) is 0 Å². The van der Waals surface area contributed by atoms with Crippen molar-refractivity contribution in [3.8, 4) is 0 Å². The first-order valence-electron chi connectivity index (χ1n) is 8.76. The molecule has 0 atom stereocenters. The van der Waals surface area contributed by atoms with E-state index in [2.05, 4.69) is 0 Å². The second-order valence-electron chi connectivity index (χ2n) is 6.96. The van der Waals surface area contributed by atoms with Crippen LogP contribution in [-0.4, -0.2) is 49.7 Å². The zero-order chi connectivity index (χ0) is 17.3. The van der Waals surface area contributed by atoms with Crippen LogP contribution in [0.5, 0.6) is 0 Å². The first kappa shape index (κ1) is 17.4. The van der Waals surface area contributed by atoms with Crippen molar-refractivity contribution in [2.75, 3.05) is 26.2 Å². The summed E-state index contributed by atoms with van der Waals surface area (Å²) in [7, 11) is -3.49. The number of sulfonamides is 1. The number of hydrogen-bond donors (Lipinski definition) is 0. The summed E-state index contributed by atoms with van der Waals surface area (Å²) in [6.07, 6.45) is 3.81. The molecule has 24 heavy (non-hydrogen) atoms. The zero-order valence-corrected chi connectivity index (χ0v) is 15.3. The van der Waals surface area contributed by atoms with Gasteiger partial charge in [0, 0.05) is 32.1 Å². The fraction of sp³-hybridized carbons (Fsp3) is 0.611. The maximum absolute atomic E-state index is 12.9. The van der Waals surface area contributed by atoms with E-state index in [0.717, 1.165) is 30.4 Å². The number of carbonyl (C=O) groups excluding carboxylic acids is 1. The van der Waals surface area contributed by atoms with Crippen LogP contribution in [0.1, 0.15) is 36.8 Å². The highest BCUT2D eigenvalue weighted by atomic mass is 32.2. The van der Waals surface area contributed by atoms with Crippen LogP contribution in [0.3, 0.4) is 0 Å².